The fourth-order valence-electron chi connectivity index (χ4n) is 2.61. The zero-order valence-electron chi connectivity index (χ0n) is 12.8. The Balaban J connectivity index is 1.96. The van der Waals surface area contributed by atoms with Crippen molar-refractivity contribution < 1.29 is 9.59 Å². The van der Waals surface area contributed by atoms with Crippen molar-refractivity contribution in [1.29, 1.82) is 0 Å². The first-order chi connectivity index (χ1) is 10.5. The van der Waals surface area contributed by atoms with E-state index in [0.717, 1.165) is 16.6 Å². The van der Waals surface area contributed by atoms with Crippen LogP contribution in [-0.4, -0.2) is 29.8 Å². The number of nitrogens with one attached hydrogen (secondary N) is 1. The van der Waals surface area contributed by atoms with Gasteiger partial charge in [-0.15, -0.1) is 0 Å². The minimum absolute atomic E-state index is 0.0275. The molecule has 4 nitrogen and oxygen atoms in total. The van der Waals surface area contributed by atoms with Gasteiger partial charge in [0.1, 0.15) is 0 Å². The molecule has 2 amide bonds. The number of carbonyl (C=O) groups excluding carboxylic acids is 2. The van der Waals surface area contributed by atoms with Crippen LogP contribution in [0.3, 0.4) is 0 Å². The lowest BCUT2D eigenvalue weighted by molar-refractivity contribution is -0.130. The van der Waals surface area contributed by atoms with Crippen molar-refractivity contribution in [3.05, 3.63) is 40.9 Å². The highest BCUT2D eigenvalue weighted by Gasteiger charge is 2.26. The summed E-state index contributed by atoms with van der Waals surface area (Å²) in [4.78, 5) is 25.7. The third-order valence-electron chi connectivity index (χ3n) is 4.05. The van der Waals surface area contributed by atoms with Gasteiger partial charge in [0.05, 0.1) is 5.69 Å². The number of piperidine rings is 1. The van der Waals surface area contributed by atoms with E-state index in [1.165, 1.54) is 11.6 Å². The van der Waals surface area contributed by atoms with E-state index in [9.17, 15) is 9.59 Å². The Labute approximate surface area is 139 Å². The smallest absolute Gasteiger partial charge is 0.245 e. The van der Waals surface area contributed by atoms with Crippen molar-refractivity contribution in [3.63, 3.8) is 0 Å². The summed E-state index contributed by atoms with van der Waals surface area (Å²) in [6.45, 7) is 6.80. The molecule has 0 unspecified atom stereocenters. The zero-order valence-corrected chi connectivity index (χ0v) is 14.4. The Morgan fingerprint density at radius 1 is 1.41 bits per heavy atom. The number of carbonyl (C=O) groups is 2. The van der Waals surface area contributed by atoms with Crippen molar-refractivity contribution in [2.24, 2.45) is 5.92 Å². The topological polar surface area (TPSA) is 49.4 Å². The number of likely N-dealkylation sites (tertiary alicyclic amines) is 1. The van der Waals surface area contributed by atoms with Crippen LogP contribution in [0, 0.1) is 5.92 Å². The molecule has 0 radical (unpaired) electrons. The van der Waals surface area contributed by atoms with E-state index in [2.05, 4.69) is 34.7 Å². The Bertz CT molecular complexity index is 578. The number of nitrogens with zero attached hydrogens (tertiary/aromatic N) is 1. The van der Waals surface area contributed by atoms with Gasteiger partial charge in [-0.1, -0.05) is 19.6 Å². The highest BCUT2D eigenvalue weighted by atomic mass is 79.9. The van der Waals surface area contributed by atoms with Gasteiger partial charge in [-0.25, -0.2) is 0 Å². The van der Waals surface area contributed by atoms with Gasteiger partial charge in [-0.2, -0.15) is 0 Å². The first-order valence-corrected chi connectivity index (χ1v) is 8.35. The van der Waals surface area contributed by atoms with E-state index in [-0.39, 0.29) is 17.7 Å². The van der Waals surface area contributed by atoms with E-state index < -0.39 is 0 Å². The normalized spacial score (nSPS) is 15.5. The molecule has 1 aliphatic rings. The van der Waals surface area contributed by atoms with Crippen LogP contribution in [0.25, 0.3) is 0 Å². The summed E-state index contributed by atoms with van der Waals surface area (Å²) in [5.74, 6) is -0.0806. The van der Waals surface area contributed by atoms with Gasteiger partial charge in [-0.3, -0.25) is 9.59 Å². The standard InChI is InChI=1S/C17H21BrN2O2/c1-3-12-5-6-14(18)15(11-12)19-17(22)13-7-9-20(10-8-13)16(21)4-2/h4-6,11,13H,2-3,7-10H2,1H3,(H,19,22). The van der Waals surface area contributed by atoms with Crippen LogP contribution >= 0.6 is 15.9 Å². The summed E-state index contributed by atoms with van der Waals surface area (Å²) in [6, 6.07) is 6.00. The Hall–Kier alpha value is -1.62. The summed E-state index contributed by atoms with van der Waals surface area (Å²) >= 11 is 3.47. The van der Waals surface area contributed by atoms with Crippen LogP contribution in [0.5, 0.6) is 0 Å². The molecule has 5 heteroatoms. The summed E-state index contributed by atoms with van der Waals surface area (Å²) in [7, 11) is 0. The second-order valence-electron chi connectivity index (χ2n) is 5.46. The number of aryl methyl sites for hydroxylation is 1. The zero-order chi connectivity index (χ0) is 16.1. The van der Waals surface area contributed by atoms with E-state index >= 15 is 0 Å². The Morgan fingerprint density at radius 2 is 2.09 bits per heavy atom. The molecule has 0 atom stereocenters. The minimum atomic E-state index is -0.0581. The number of anilines is 1. The van der Waals surface area contributed by atoms with Crippen molar-refractivity contribution in [2.75, 3.05) is 18.4 Å². The van der Waals surface area contributed by atoms with E-state index in [0.29, 0.717) is 25.9 Å². The molecule has 1 saturated heterocycles. The lowest BCUT2D eigenvalue weighted by atomic mass is 9.95. The summed E-state index contributed by atoms with van der Waals surface area (Å²) in [6.07, 6.45) is 3.64. The van der Waals surface area contributed by atoms with E-state index in [1.54, 1.807) is 4.90 Å². The van der Waals surface area contributed by atoms with Gasteiger partial charge in [0.15, 0.2) is 0 Å². The van der Waals surface area contributed by atoms with Crippen molar-refractivity contribution in [1.82, 2.24) is 4.90 Å². The second-order valence-corrected chi connectivity index (χ2v) is 6.32. The lowest BCUT2D eigenvalue weighted by Crippen LogP contribution is -2.40. The van der Waals surface area contributed by atoms with E-state index in [1.807, 2.05) is 18.2 Å². The maximum Gasteiger partial charge on any atom is 0.245 e. The van der Waals surface area contributed by atoms with Crippen LogP contribution in [0.15, 0.2) is 35.3 Å². The van der Waals surface area contributed by atoms with Crippen molar-refractivity contribution >= 4 is 33.4 Å². The molecule has 1 N–H and O–H groups in total. The first kappa shape index (κ1) is 16.7. The molecule has 1 heterocycles. The molecule has 1 aromatic rings. The molecule has 22 heavy (non-hydrogen) atoms. The van der Waals surface area contributed by atoms with Gasteiger partial charge >= 0.3 is 0 Å². The molecule has 1 aromatic carbocycles. The monoisotopic (exact) mass is 364 g/mol. The molecule has 0 aliphatic carbocycles. The Kier molecular flexibility index (Phi) is 5.77. The van der Waals surface area contributed by atoms with E-state index in [4.69, 9.17) is 0 Å². The lowest BCUT2D eigenvalue weighted by Gasteiger charge is -2.30. The highest BCUT2D eigenvalue weighted by molar-refractivity contribution is 9.10. The number of hydrogen-bond acceptors (Lipinski definition) is 2. The van der Waals surface area contributed by atoms with Crippen LogP contribution in [-0.2, 0) is 16.0 Å². The second kappa shape index (κ2) is 7.58. The van der Waals surface area contributed by atoms with Crippen LogP contribution in [0.2, 0.25) is 0 Å². The average Bonchev–Trinajstić information content (AvgIpc) is 2.56. The SMILES string of the molecule is C=CC(=O)N1CCC(C(=O)Nc2cc(CC)ccc2Br)CC1. The quantitative estimate of drug-likeness (QED) is 0.832. The first-order valence-electron chi connectivity index (χ1n) is 7.55. The molecule has 1 fully saturated rings. The molecule has 0 bridgehead atoms. The third-order valence-corrected chi connectivity index (χ3v) is 4.74. The molecule has 118 valence electrons. The number of hydrogen-bond donors (Lipinski definition) is 1. The summed E-state index contributed by atoms with van der Waals surface area (Å²) < 4.78 is 0.886. The molecule has 0 spiro atoms. The number of amides is 2. The summed E-state index contributed by atoms with van der Waals surface area (Å²) in [5, 5.41) is 3.00. The molecule has 1 aliphatic heterocycles. The molecule has 2 rings (SSSR count). The van der Waals surface area contributed by atoms with Crippen LogP contribution < -0.4 is 5.32 Å². The third kappa shape index (κ3) is 3.97. The number of halogens is 1. The molecular formula is C17H21BrN2O2. The van der Waals surface area contributed by atoms with Gasteiger partial charge in [0.2, 0.25) is 11.8 Å². The van der Waals surface area contributed by atoms with Gasteiger partial charge in [0, 0.05) is 23.5 Å². The van der Waals surface area contributed by atoms with Crippen LogP contribution in [0.1, 0.15) is 25.3 Å². The predicted octanol–water partition coefficient (Wildman–Crippen LogP) is 3.37. The van der Waals surface area contributed by atoms with Crippen molar-refractivity contribution in [2.45, 2.75) is 26.2 Å². The Morgan fingerprint density at radius 3 is 2.68 bits per heavy atom. The van der Waals surface area contributed by atoms with Crippen LogP contribution in [0.4, 0.5) is 5.69 Å². The molecule has 0 saturated carbocycles. The summed E-state index contributed by atoms with van der Waals surface area (Å²) in [5.41, 5.74) is 2.00. The fraction of sp³-hybridized carbons (Fsp3) is 0.412. The molecule has 0 aromatic heterocycles. The van der Waals surface area contributed by atoms with Gasteiger partial charge in [-0.05, 0) is 59.0 Å². The largest absolute Gasteiger partial charge is 0.339 e. The minimum Gasteiger partial charge on any atom is -0.339 e. The maximum atomic E-state index is 12.4. The predicted molar refractivity (Wildman–Crippen MR) is 91.7 cm³/mol. The number of benzene rings is 1. The maximum absolute atomic E-state index is 12.4. The van der Waals surface area contributed by atoms with Gasteiger partial charge < -0.3 is 10.2 Å². The highest BCUT2D eigenvalue weighted by Crippen LogP contribution is 2.26. The fourth-order valence-corrected chi connectivity index (χ4v) is 2.96. The van der Waals surface area contributed by atoms with Gasteiger partial charge in [0.25, 0.3) is 0 Å². The molecular weight excluding hydrogens is 344 g/mol. The number of rotatable bonds is 4. The average molecular weight is 365 g/mol. The van der Waals surface area contributed by atoms with Crippen molar-refractivity contribution in [3.8, 4) is 0 Å².